The fraction of sp³-hybridized carbons (Fsp3) is 0.130. The number of carbonyl (C=O) groups is 1. The molecule has 0 aliphatic carbocycles. The summed E-state index contributed by atoms with van der Waals surface area (Å²) in [4.78, 5) is 32.9. The van der Waals surface area contributed by atoms with Gasteiger partial charge in [-0.3, -0.25) is 14.3 Å². The van der Waals surface area contributed by atoms with E-state index in [0.29, 0.717) is 16.4 Å². The van der Waals surface area contributed by atoms with E-state index in [1.807, 2.05) is 37.3 Å². The molecule has 8 heteroatoms. The number of aromatic amines is 1. The van der Waals surface area contributed by atoms with Crippen LogP contribution in [0.4, 0.5) is 0 Å². The van der Waals surface area contributed by atoms with E-state index in [2.05, 4.69) is 4.98 Å². The predicted molar refractivity (Wildman–Crippen MR) is 123 cm³/mol. The largest absolute Gasteiger partial charge is 0.465 e. The molecule has 0 unspecified atom stereocenters. The van der Waals surface area contributed by atoms with Gasteiger partial charge in [0.05, 0.1) is 29.8 Å². The number of ether oxygens (including phenoxy) is 1. The van der Waals surface area contributed by atoms with Crippen molar-refractivity contribution in [3.05, 3.63) is 91.9 Å². The number of rotatable bonds is 4. The van der Waals surface area contributed by atoms with E-state index < -0.39 is 11.5 Å². The van der Waals surface area contributed by atoms with Gasteiger partial charge in [0.25, 0.3) is 5.56 Å². The normalized spacial score (nSPS) is 12.0. The van der Waals surface area contributed by atoms with Crippen molar-refractivity contribution < 1.29 is 9.53 Å². The van der Waals surface area contributed by atoms with Crippen LogP contribution in [0.1, 0.15) is 28.9 Å². The lowest BCUT2D eigenvalue weighted by atomic mass is 10.1. The second kappa shape index (κ2) is 8.45. The van der Waals surface area contributed by atoms with Crippen molar-refractivity contribution in [1.29, 1.82) is 0 Å². The van der Waals surface area contributed by atoms with E-state index >= 15 is 0 Å². The predicted octanol–water partition coefficient (Wildman–Crippen LogP) is 5.17. The fourth-order valence-corrected chi connectivity index (χ4v) is 3.99. The standard InChI is InChI=1S/C23H18ClN3O3S/c1-13(14-6-4-3-5-7-14)27-20-19(21(28)26-23(27)31)17(22(29)30-2)12-18(25-20)15-8-10-16(24)11-9-15/h3-13H,1-2H3,(H,26,28,31)/t13-/m1/s1. The number of benzene rings is 2. The number of halogens is 1. The van der Waals surface area contributed by atoms with Gasteiger partial charge in [-0.15, -0.1) is 0 Å². The molecule has 1 N–H and O–H groups in total. The average molecular weight is 452 g/mol. The SMILES string of the molecule is COC(=O)c1cc(-c2ccc(Cl)cc2)nc2c1c(=O)[nH]c(=S)n2[C@H](C)c1ccccc1. The van der Waals surface area contributed by atoms with Crippen LogP contribution in [0.3, 0.4) is 0 Å². The van der Waals surface area contributed by atoms with Gasteiger partial charge < -0.3 is 4.74 Å². The Morgan fingerprint density at radius 3 is 2.48 bits per heavy atom. The van der Waals surface area contributed by atoms with Gasteiger partial charge in [0.15, 0.2) is 4.77 Å². The molecular weight excluding hydrogens is 434 g/mol. The number of fused-ring (bicyclic) bond motifs is 1. The Morgan fingerprint density at radius 1 is 1.16 bits per heavy atom. The smallest absolute Gasteiger partial charge is 0.338 e. The maximum atomic E-state index is 12.8. The van der Waals surface area contributed by atoms with Gasteiger partial charge in [0.2, 0.25) is 0 Å². The van der Waals surface area contributed by atoms with Crippen molar-refractivity contribution in [3.63, 3.8) is 0 Å². The maximum Gasteiger partial charge on any atom is 0.338 e. The van der Waals surface area contributed by atoms with Gasteiger partial charge in [-0.25, -0.2) is 9.78 Å². The van der Waals surface area contributed by atoms with Gasteiger partial charge in [0, 0.05) is 10.6 Å². The summed E-state index contributed by atoms with van der Waals surface area (Å²) >= 11 is 11.5. The number of carbonyl (C=O) groups excluding carboxylic acids is 1. The number of nitrogens with one attached hydrogen (secondary N) is 1. The summed E-state index contributed by atoms with van der Waals surface area (Å²) in [5, 5.41) is 0.704. The Kier molecular flexibility index (Phi) is 5.71. The highest BCUT2D eigenvalue weighted by atomic mass is 35.5. The molecule has 0 radical (unpaired) electrons. The zero-order chi connectivity index (χ0) is 22.1. The second-order valence-corrected chi connectivity index (χ2v) is 7.79. The van der Waals surface area contributed by atoms with Crippen LogP contribution in [-0.4, -0.2) is 27.6 Å². The third-order valence-corrected chi connectivity index (χ3v) is 5.66. The Bertz CT molecular complexity index is 1400. The maximum absolute atomic E-state index is 12.8. The summed E-state index contributed by atoms with van der Waals surface area (Å²) < 4.78 is 6.91. The van der Waals surface area contributed by atoms with Crippen LogP contribution in [0.5, 0.6) is 0 Å². The summed E-state index contributed by atoms with van der Waals surface area (Å²) in [6.07, 6.45) is 0. The first-order valence-electron chi connectivity index (χ1n) is 9.49. The van der Waals surface area contributed by atoms with Crippen LogP contribution in [0, 0.1) is 4.77 Å². The van der Waals surface area contributed by atoms with Gasteiger partial charge in [-0.2, -0.15) is 0 Å². The molecule has 31 heavy (non-hydrogen) atoms. The lowest BCUT2D eigenvalue weighted by molar-refractivity contribution is 0.0603. The molecule has 2 heterocycles. The summed E-state index contributed by atoms with van der Waals surface area (Å²) in [6.45, 7) is 1.96. The first kappa shape index (κ1) is 21.0. The topological polar surface area (TPSA) is 77.0 Å². The summed E-state index contributed by atoms with van der Waals surface area (Å²) in [6, 6.07) is 18.1. The van der Waals surface area contributed by atoms with E-state index in [9.17, 15) is 9.59 Å². The van der Waals surface area contributed by atoms with E-state index in [-0.39, 0.29) is 21.8 Å². The minimum absolute atomic E-state index is 0.114. The molecule has 0 fully saturated rings. The van der Waals surface area contributed by atoms with Gasteiger partial charge in [-0.05, 0) is 42.9 Å². The zero-order valence-corrected chi connectivity index (χ0v) is 18.3. The number of nitrogens with zero attached hydrogens (tertiary/aromatic N) is 2. The number of aromatic nitrogens is 3. The van der Waals surface area contributed by atoms with Crippen molar-refractivity contribution in [1.82, 2.24) is 14.5 Å². The zero-order valence-electron chi connectivity index (χ0n) is 16.8. The molecular formula is C23H18ClN3O3S. The summed E-state index contributed by atoms with van der Waals surface area (Å²) in [7, 11) is 1.27. The van der Waals surface area contributed by atoms with Crippen LogP contribution in [0.25, 0.3) is 22.3 Å². The Labute approximate surface area is 188 Å². The molecule has 0 amide bonds. The lowest BCUT2D eigenvalue weighted by Crippen LogP contribution is -2.21. The monoisotopic (exact) mass is 451 g/mol. The molecule has 6 nitrogen and oxygen atoms in total. The van der Waals surface area contributed by atoms with Crippen LogP contribution < -0.4 is 5.56 Å². The molecule has 0 aliphatic rings. The van der Waals surface area contributed by atoms with Crippen molar-refractivity contribution in [2.75, 3.05) is 7.11 Å². The van der Waals surface area contributed by atoms with E-state index in [0.717, 1.165) is 11.1 Å². The molecule has 2 aromatic carbocycles. The molecule has 0 aliphatic heterocycles. The first-order chi connectivity index (χ1) is 14.9. The highest BCUT2D eigenvalue weighted by Gasteiger charge is 2.22. The molecule has 0 saturated heterocycles. The molecule has 0 spiro atoms. The third-order valence-electron chi connectivity index (χ3n) is 5.11. The highest BCUT2D eigenvalue weighted by Crippen LogP contribution is 2.28. The molecule has 0 saturated carbocycles. The van der Waals surface area contributed by atoms with Crippen molar-refractivity contribution in [3.8, 4) is 11.3 Å². The number of pyridine rings is 1. The summed E-state index contributed by atoms with van der Waals surface area (Å²) in [5.41, 5.74) is 2.14. The quantitative estimate of drug-likeness (QED) is 0.342. The molecule has 0 bridgehead atoms. The third kappa shape index (κ3) is 3.89. The van der Waals surface area contributed by atoms with E-state index in [1.165, 1.54) is 7.11 Å². The Hall–Kier alpha value is -3.29. The lowest BCUT2D eigenvalue weighted by Gasteiger charge is -2.20. The number of esters is 1. The van der Waals surface area contributed by atoms with Crippen LogP contribution in [0.2, 0.25) is 5.02 Å². The number of methoxy groups -OCH3 is 1. The number of hydrogen-bond donors (Lipinski definition) is 1. The number of hydrogen-bond acceptors (Lipinski definition) is 5. The van der Waals surface area contributed by atoms with Gasteiger partial charge in [-0.1, -0.05) is 54.1 Å². The second-order valence-electron chi connectivity index (χ2n) is 6.97. The van der Waals surface area contributed by atoms with Gasteiger partial charge in [0.1, 0.15) is 5.65 Å². The van der Waals surface area contributed by atoms with Crippen molar-refractivity contribution in [2.24, 2.45) is 0 Å². The minimum atomic E-state index is -0.635. The average Bonchev–Trinajstić information content (AvgIpc) is 2.78. The number of H-pyrrole nitrogens is 1. The molecule has 2 aromatic heterocycles. The molecule has 1 atom stereocenters. The Balaban J connectivity index is 2.10. The van der Waals surface area contributed by atoms with Crippen molar-refractivity contribution in [2.45, 2.75) is 13.0 Å². The van der Waals surface area contributed by atoms with Gasteiger partial charge >= 0.3 is 5.97 Å². The minimum Gasteiger partial charge on any atom is -0.465 e. The van der Waals surface area contributed by atoms with E-state index in [1.54, 1.807) is 34.9 Å². The first-order valence-corrected chi connectivity index (χ1v) is 10.3. The molecule has 156 valence electrons. The summed E-state index contributed by atoms with van der Waals surface area (Å²) in [5.74, 6) is -0.635. The van der Waals surface area contributed by atoms with Crippen LogP contribution in [-0.2, 0) is 4.74 Å². The highest BCUT2D eigenvalue weighted by molar-refractivity contribution is 7.71. The molecule has 4 rings (SSSR count). The Morgan fingerprint density at radius 2 is 1.84 bits per heavy atom. The molecule has 4 aromatic rings. The van der Waals surface area contributed by atoms with E-state index in [4.69, 9.17) is 33.5 Å². The van der Waals surface area contributed by atoms with Crippen LogP contribution >= 0.6 is 23.8 Å². The van der Waals surface area contributed by atoms with Crippen molar-refractivity contribution >= 4 is 40.8 Å². The van der Waals surface area contributed by atoms with Crippen LogP contribution in [0.15, 0.2) is 65.5 Å². The fourth-order valence-electron chi connectivity index (χ4n) is 3.53.